The largest absolute Gasteiger partial charge is 0.284 e. The van der Waals surface area contributed by atoms with Crippen molar-refractivity contribution in [2.75, 3.05) is 10.5 Å². The molecule has 0 aliphatic heterocycles. The maximum absolute atomic E-state index is 13.0. The minimum Gasteiger partial charge on any atom is -0.284 e. The Balaban J connectivity index is 1.87. The molecule has 6 nitrogen and oxygen atoms in total. The number of fused-ring (bicyclic) bond motifs is 1. The van der Waals surface area contributed by atoms with Gasteiger partial charge in [0.1, 0.15) is 0 Å². The van der Waals surface area contributed by atoms with Crippen molar-refractivity contribution in [2.45, 2.75) is 13.5 Å². The molecule has 0 bridgehead atoms. The summed E-state index contributed by atoms with van der Waals surface area (Å²) < 4.78 is 27.9. The van der Waals surface area contributed by atoms with Crippen LogP contribution in [0.1, 0.15) is 12.5 Å². The van der Waals surface area contributed by atoms with Crippen LogP contribution in [0.2, 0.25) is 0 Å². The third-order valence-corrected chi connectivity index (χ3v) is 6.14. The lowest BCUT2D eigenvalue weighted by Crippen LogP contribution is -2.24. The van der Waals surface area contributed by atoms with Crippen LogP contribution in [0, 0.1) is 0 Å². The molecule has 0 atom stereocenters. The molecule has 1 N–H and O–H groups in total. The van der Waals surface area contributed by atoms with Crippen LogP contribution in [-0.4, -0.2) is 24.0 Å². The molecule has 30 heavy (non-hydrogen) atoms. The lowest BCUT2D eigenvalue weighted by molar-refractivity contribution is 0.602. The molecule has 0 fully saturated rings. The smallest absolute Gasteiger partial charge is 0.274 e. The summed E-state index contributed by atoms with van der Waals surface area (Å²) in [6.07, 6.45) is 0. The number of nitrogens with one attached hydrogen (secondary N) is 1. The normalized spacial score (nSPS) is 11.5. The lowest BCUT2D eigenvalue weighted by Gasteiger charge is -2.13. The second kappa shape index (κ2) is 8.12. The second-order valence-corrected chi connectivity index (χ2v) is 8.94. The highest BCUT2D eigenvalue weighted by molar-refractivity contribution is 7.92. The predicted molar refractivity (Wildman–Crippen MR) is 120 cm³/mol. The summed E-state index contributed by atoms with van der Waals surface area (Å²) in [5.74, 6) is -0.0135. The van der Waals surface area contributed by atoms with E-state index in [4.69, 9.17) is 0 Å². The van der Waals surface area contributed by atoms with Gasteiger partial charge in [0.05, 0.1) is 23.4 Å². The van der Waals surface area contributed by atoms with Gasteiger partial charge in [0.15, 0.2) is 0 Å². The molecule has 4 rings (SSSR count). The van der Waals surface area contributed by atoms with Gasteiger partial charge in [-0.3, -0.25) is 9.52 Å². The number of anilines is 1. The van der Waals surface area contributed by atoms with Crippen molar-refractivity contribution in [3.8, 4) is 11.3 Å². The molecule has 0 amide bonds. The van der Waals surface area contributed by atoms with E-state index in [2.05, 4.69) is 9.82 Å². The summed E-state index contributed by atoms with van der Waals surface area (Å²) in [5.41, 5.74) is 2.61. The van der Waals surface area contributed by atoms with E-state index in [0.29, 0.717) is 23.3 Å². The Kier molecular flexibility index (Phi) is 5.37. The van der Waals surface area contributed by atoms with Gasteiger partial charge in [-0.25, -0.2) is 13.1 Å². The monoisotopic (exact) mass is 419 g/mol. The van der Waals surface area contributed by atoms with E-state index in [9.17, 15) is 13.2 Å². The van der Waals surface area contributed by atoms with Gasteiger partial charge in [0, 0.05) is 16.6 Å². The van der Waals surface area contributed by atoms with E-state index in [1.54, 1.807) is 31.2 Å². The molecule has 1 aromatic heterocycles. The van der Waals surface area contributed by atoms with Crippen molar-refractivity contribution in [2.24, 2.45) is 0 Å². The molecule has 0 aliphatic rings. The number of nitrogens with zero attached hydrogens (tertiary/aromatic N) is 2. The molecule has 0 saturated heterocycles. The summed E-state index contributed by atoms with van der Waals surface area (Å²) >= 11 is 0. The van der Waals surface area contributed by atoms with E-state index >= 15 is 0 Å². The topological polar surface area (TPSA) is 81.1 Å². The zero-order valence-electron chi connectivity index (χ0n) is 16.4. The average molecular weight is 420 g/mol. The molecule has 3 aromatic carbocycles. The number of rotatable bonds is 6. The highest BCUT2D eigenvalue weighted by atomic mass is 32.2. The molecule has 4 aromatic rings. The third-order valence-electron chi connectivity index (χ3n) is 4.83. The zero-order chi connectivity index (χ0) is 21.1. The molecule has 152 valence electrons. The molecule has 0 radical (unpaired) electrons. The van der Waals surface area contributed by atoms with Crippen molar-refractivity contribution >= 4 is 26.5 Å². The molecule has 0 saturated carbocycles. The van der Waals surface area contributed by atoms with Crippen molar-refractivity contribution in [1.82, 2.24) is 9.78 Å². The van der Waals surface area contributed by atoms with Gasteiger partial charge in [-0.05, 0) is 30.7 Å². The Hall–Kier alpha value is -3.45. The molecule has 0 spiro atoms. The Bertz CT molecular complexity index is 1360. The van der Waals surface area contributed by atoms with Crippen LogP contribution in [0.15, 0.2) is 83.7 Å². The predicted octanol–water partition coefficient (Wildman–Crippen LogP) is 3.87. The van der Waals surface area contributed by atoms with Gasteiger partial charge in [-0.15, -0.1) is 0 Å². The maximum atomic E-state index is 13.0. The highest BCUT2D eigenvalue weighted by Crippen LogP contribution is 2.27. The van der Waals surface area contributed by atoms with Crippen LogP contribution in [0.3, 0.4) is 0 Å². The quantitative estimate of drug-likeness (QED) is 0.514. The Morgan fingerprint density at radius 3 is 2.33 bits per heavy atom. The van der Waals surface area contributed by atoms with E-state index in [1.165, 1.54) is 4.68 Å². The van der Waals surface area contributed by atoms with Gasteiger partial charge in [-0.1, -0.05) is 60.7 Å². The number of hydrogen-bond acceptors (Lipinski definition) is 4. The van der Waals surface area contributed by atoms with Crippen LogP contribution in [0.5, 0.6) is 0 Å². The molecular weight excluding hydrogens is 398 g/mol. The van der Waals surface area contributed by atoms with Gasteiger partial charge in [0.25, 0.3) is 5.56 Å². The standard InChI is InChI=1S/C23H21N3O3S/c1-2-30(28,29)25-19-12-8-11-18(15-19)22-20-13-6-7-14-21(20)23(27)26(24-22)16-17-9-4-3-5-10-17/h3-15,25H,2,16H2,1H3. The fourth-order valence-electron chi connectivity index (χ4n) is 3.29. The van der Waals surface area contributed by atoms with Crippen LogP contribution < -0.4 is 10.3 Å². The Labute approximate surface area is 174 Å². The van der Waals surface area contributed by atoms with Gasteiger partial charge in [-0.2, -0.15) is 5.10 Å². The fraction of sp³-hybridized carbons (Fsp3) is 0.130. The molecule has 1 heterocycles. The first kappa shape index (κ1) is 19.8. The lowest BCUT2D eigenvalue weighted by atomic mass is 10.0. The average Bonchev–Trinajstić information content (AvgIpc) is 2.76. The summed E-state index contributed by atoms with van der Waals surface area (Å²) in [6.45, 7) is 1.93. The Morgan fingerprint density at radius 2 is 1.60 bits per heavy atom. The van der Waals surface area contributed by atoms with Crippen molar-refractivity contribution in [3.05, 3.63) is 94.8 Å². The summed E-state index contributed by atoms with van der Waals surface area (Å²) in [7, 11) is -3.40. The SMILES string of the molecule is CCS(=O)(=O)Nc1cccc(-c2nn(Cc3ccccc3)c(=O)c3ccccc23)c1. The van der Waals surface area contributed by atoms with E-state index in [-0.39, 0.29) is 11.3 Å². The molecule has 0 unspecified atom stereocenters. The minimum atomic E-state index is -3.40. The first-order valence-electron chi connectivity index (χ1n) is 9.61. The summed E-state index contributed by atoms with van der Waals surface area (Å²) in [5, 5.41) is 5.94. The third kappa shape index (κ3) is 4.11. The van der Waals surface area contributed by atoms with Crippen LogP contribution in [0.25, 0.3) is 22.0 Å². The summed E-state index contributed by atoms with van der Waals surface area (Å²) in [4.78, 5) is 13.0. The second-order valence-electron chi connectivity index (χ2n) is 6.93. The van der Waals surface area contributed by atoms with Crippen LogP contribution in [0.4, 0.5) is 5.69 Å². The van der Waals surface area contributed by atoms with Gasteiger partial charge in [0.2, 0.25) is 10.0 Å². The van der Waals surface area contributed by atoms with Crippen molar-refractivity contribution in [1.29, 1.82) is 0 Å². The molecular formula is C23H21N3O3S. The number of benzene rings is 3. The van der Waals surface area contributed by atoms with Crippen LogP contribution in [-0.2, 0) is 16.6 Å². The Morgan fingerprint density at radius 1 is 0.900 bits per heavy atom. The molecule has 7 heteroatoms. The number of aromatic nitrogens is 2. The number of sulfonamides is 1. The van der Waals surface area contributed by atoms with Crippen molar-refractivity contribution < 1.29 is 8.42 Å². The zero-order valence-corrected chi connectivity index (χ0v) is 17.3. The first-order valence-corrected chi connectivity index (χ1v) is 11.3. The van der Waals surface area contributed by atoms with E-state index in [1.807, 2.05) is 54.6 Å². The fourth-order valence-corrected chi connectivity index (χ4v) is 3.92. The highest BCUT2D eigenvalue weighted by Gasteiger charge is 2.14. The maximum Gasteiger partial charge on any atom is 0.274 e. The summed E-state index contributed by atoms with van der Waals surface area (Å²) in [6, 6.07) is 24.0. The van der Waals surface area contributed by atoms with Crippen molar-refractivity contribution in [3.63, 3.8) is 0 Å². The minimum absolute atomic E-state index is 0.0135. The van der Waals surface area contributed by atoms with Gasteiger partial charge < -0.3 is 0 Å². The van der Waals surface area contributed by atoms with Crippen LogP contribution >= 0.6 is 0 Å². The van der Waals surface area contributed by atoms with E-state index < -0.39 is 10.0 Å². The molecule has 0 aliphatic carbocycles. The number of hydrogen-bond donors (Lipinski definition) is 1. The van der Waals surface area contributed by atoms with E-state index in [0.717, 1.165) is 16.5 Å². The van der Waals surface area contributed by atoms with Gasteiger partial charge >= 0.3 is 0 Å². The first-order chi connectivity index (χ1) is 14.5.